The van der Waals surface area contributed by atoms with E-state index in [0.29, 0.717) is 12.5 Å². The summed E-state index contributed by atoms with van der Waals surface area (Å²) in [6.07, 6.45) is 2.98. The quantitative estimate of drug-likeness (QED) is 0.896. The fourth-order valence-corrected chi connectivity index (χ4v) is 2.80. The Morgan fingerprint density at radius 3 is 2.88 bits per heavy atom. The Balaban J connectivity index is 1.81. The number of halogens is 2. The molecule has 2 nitrogen and oxygen atoms in total. The largest absolute Gasteiger partial charge is 0.393 e. The topological polar surface area (TPSA) is 32.3 Å². The van der Waals surface area contributed by atoms with Crippen molar-refractivity contribution in [3.05, 3.63) is 34.1 Å². The average Bonchev–Trinajstić information content (AvgIpc) is 2.68. The van der Waals surface area contributed by atoms with Crippen molar-refractivity contribution in [2.45, 2.75) is 31.9 Å². The Labute approximate surface area is 109 Å². The second-order valence-electron chi connectivity index (χ2n) is 4.62. The molecule has 2 N–H and O–H groups in total. The molecule has 0 aliphatic heterocycles. The van der Waals surface area contributed by atoms with E-state index in [0.717, 1.165) is 35.8 Å². The van der Waals surface area contributed by atoms with Gasteiger partial charge in [-0.15, -0.1) is 0 Å². The SMILES string of the molecule is OC1CCCC1CNCc1ccc(F)cc1Br. The standard InChI is InChI=1S/C13H17BrFNO/c14-12-6-11(15)5-4-9(12)7-16-8-10-2-1-3-13(10)17/h4-6,10,13,16-17H,1-3,7-8H2. The van der Waals surface area contributed by atoms with Gasteiger partial charge in [0.2, 0.25) is 0 Å². The lowest BCUT2D eigenvalue weighted by atomic mass is 10.1. The summed E-state index contributed by atoms with van der Waals surface area (Å²) in [6.45, 7) is 1.52. The lowest BCUT2D eigenvalue weighted by Crippen LogP contribution is -2.27. The van der Waals surface area contributed by atoms with Crippen LogP contribution in [0.15, 0.2) is 22.7 Å². The van der Waals surface area contributed by atoms with E-state index in [1.165, 1.54) is 12.1 Å². The van der Waals surface area contributed by atoms with E-state index in [1.54, 1.807) is 6.07 Å². The average molecular weight is 302 g/mol. The molecule has 0 heterocycles. The second-order valence-corrected chi connectivity index (χ2v) is 5.48. The lowest BCUT2D eigenvalue weighted by molar-refractivity contribution is 0.131. The minimum atomic E-state index is -0.230. The molecule has 94 valence electrons. The highest BCUT2D eigenvalue weighted by atomic mass is 79.9. The number of rotatable bonds is 4. The number of aliphatic hydroxyl groups excluding tert-OH is 1. The smallest absolute Gasteiger partial charge is 0.124 e. The van der Waals surface area contributed by atoms with E-state index in [1.807, 2.05) is 0 Å². The summed E-state index contributed by atoms with van der Waals surface area (Å²) >= 11 is 3.34. The predicted octanol–water partition coefficient (Wildman–Crippen LogP) is 2.84. The molecule has 1 saturated carbocycles. The Bertz CT molecular complexity index is 386. The molecule has 0 saturated heterocycles. The maximum atomic E-state index is 12.9. The van der Waals surface area contributed by atoms with Crippen LogP contribution in [0.2, 0.25) is 0 Å². The Morgan fingerprint density at radius 2 is 2.24 bits per heavy atom. The first-order valence-electron chi connectivity index (χ1n) is 5.99. The van der Waals surface area contributed by atoms with Gasteiger partial charge in [0, 0.05) is 17.6 Å². The zero-order valence-electron chi connectivity index (χ0n) is 9.63. The van der Waals surface area contributed by atoms with Gasteiger partial charge in [0.25, 0.3) is 0 Å². The number of benzene rings is 1. The van der Waals surface area contributed by atoms with E-state index < -0.39 is 0 Å². The van der Waals surface area contributed by atoms with Gasteiger partial charge in [-0.05, 0) is 36.5 Å². The highest BCUT2D eigenvalue weighted by molar-refractivity contribution is 9.10. The molecule has 17 heavy (non-hydrogen) atoms. The molecule has 1 fully saturated rings. The van der Waals surface area contributed by atoms with Crippen LogP contribution in [0.4, 0.5) is 4.39 Å². The summed E-state index contributed by atoms with van der Waals surface area (Å²) in [5.41, 5.74) is 1.04. The zero-order chi connectivity index (χ0) is 12.3. The molecule has 1 aliphatic carbocycles. The van der Waals surface area contributed by atoms with Crippen molar-refractivity contribution in [1.82, 2.24) is 5.32 Å². The second kappa shape index (κ2) is 5.94. The van der Waals surface area contributed by atoms with E-state index in [9.17, 15) is 9.50 Å². The molecule has 2 atom stereocenters. The van der Waals surface area contributed by atoms with Crippen molar-refractivity contribution < 1.29 is 9.50 Å². The molecule has 0 amide bonds. The van der Waals surface area contributed by atoms with Crippen LogP contribution in [0.5, 0.6) is 0 Å². The van der Waals surface area contributed by atoms with E-state index in [4.69, 9.17) is 0 Å². The van der Waals surface area contributed by atoms with Gasteiger partial charge in [-0.1, -0.05) is 28.4 Å². The highest BCUT2D eigenvalue weighted by Crippen LogP contribution is 2.25. The first-order chi connectivity index (χ1) is 8.16. The number of hydrogen-bond donors (Lipinski definition) is 2. The highest BCUT2D eigenvalue weighted by Gasteiger charge is 2.24. The normalized spacial score (nSPS) is 24.2. The molecule has 0 bridgehead atoms. The van der Waals surface area contributed by atoms with Crippen LogP contribution in [0.25, 0.3) is 0 Å². The third-order valence-corrected chi connectivity index (χ3v) is 4.09. The van der Waals surface area contributed by atoms with Crippen LogP contribution in [0.3, 0.4) is 0 Å². The van der Waals surface area contributed by atoms with Crippen molar-refractivity contribution in [1.29, 1.82) is 0 Å². The molecule has 1 aromatic carbocycles. The van der Waals surface area contributed by atoms with Gasteiger partial charge in [0.05, 0.1) is 6.10 Å². The molecule has 0 spiro atoms. The van der Waals surface area contributed by atoms with Crippen LogP contribution < -0.4 is 5.32 Å². The van der Waals surface area contributed by atoms with Gasteiger partial charge in [-0.3, -0.25) is 0 Å². The van der Waals surface area contributed by atoms with Crippen molar-refractivity contribution in [2.75, 3.05) is 6.54 Å². The fraction of sp³-hybridized carbons (Fsp3) is 0.538. The van der Waals surface area contributed by atoms with Gasteiger partial charge in [-0.25, -0.2) is 4.39 Å². The minimum Gasteiger partial charge on any atom is -0.393 e. The molecule has 0 aromatic heterocycles. The third kappa shape index (κ3) is 3.50. The van der Waals surface area contributed by atoms with Crippen molar-refractivity contribution in [2.24, 2.45) is 5.92 Å². The van der Waals surface area contributed by atoms with E-state index in [2.05, 4.69) is 21.2 Å². The van der Waals surface area contributed by atoms with Crippen molar-refractivity contribution >= 4 is 15.9 Å². The van der Waals surface area contributed by atoms with Gasteiger partial charge in [-0.2, -0.15) is 0 Å². The minimum absolute atomic E-state index is 0.154. The summed E-state index contributed by atoms with van der Waals surface area (Å²) in [4.78, 5) is 0. The predicted molar refractivity (Wildman–Crippen MR) is 69.2 cm³/mol. The molecule has 0 radical (unpaired) electrons. The number of nitrogens with one attached hydrogen (secondary N) is 1. The number of hydrogen-bond acceptors (Lipinski definition) is 2. The molecular weight excluding hydrogens is 285 g/mol. The third-order valence-electron chi connectivity index (χ3n) is 3.36. The van der Waals surface area contributed by atoms with Crippen LogP contribution >= 0.6 is 15.9 Å². The molecule has 2 rings (SSSR count). The summed E-state index contributed by atoms with van der Waals surface area (Å²) in [5.74, 6) is 0.140. The Morgan fingerprint density at radius 1 is 1.41 bits per heavy atom. The van der Waals surface area contributed by atoms with Gasteiger partial charge in [0.1, 0.15) is 5.82 Å². The van der Waals surface area contributed by atoms with Crippen molar-refractivity contribution in [3.63, 3.8) is 0 Å². The molecular formula is C13H17BrFNO. The lowest BCUT2D eigenvalue weighted by Gasteiger charge is -2.15. The van der Waals surface area contributed by atoms with E-state index in [-0.39, 0.29) is 11.9 Å². The fourth-order valence-electron chi connectivity index (χ4n) is 2.31. The summed E-state index contributed by atoms with van der Waals surface area (Å²) < 4.78 is 13.7. The number of aliphatic hydroxyl groups is 1. The van der Waals surface area contributed by atoms with Crippen LogP contribution in [0.1, 0.15) is 24.8 Å². The first kappa shape index (κ1) is 13.0. The summed E-state index contributed by atoms with van der Waals surface area (Å²) in [7, 11) is 0. The summed E-state index contributed by atoms with van der Waals surface area (Å²) in [5, 5.41) is 13.0. The molecule has 2 unspecified atom stereocenters. The van der Waals surface area contributed by atoms with Crippen LogP contribution in [0, 0.1) is 11.7 Å². The Kier molecular flexibility index (Phi) is 4.54. The van der Waals surface area contributed by atoms with E-state index >= 15 is 0 Å². The Hall–Kier alpha value is -0.450. The maximum absolute atomic E-state index is 12.9. The monoisotopic (exact) mass is 301 g/mol. The van der Waals surface area contributed by atoms with Gasteiger partial charge >= 0.3 is 0 Å². The zero-order valence-corrected chi connectivity index (χ0v) is 11.2. The first-order valence-corrected chi connectivity index (χ1v) is 6.79. The summed E-state index contributed by atoms with van der Waals surface area (Å²) in [6, 6.07) is 4.71. The van der Waals surface area contributed by atoms with Gasteiger partial charge < -0.3 is 10.4 Å². The van der Waals surface area contributed by atoms with Crippen LogP contribution in [-0.4, -0.2) is 17.8 Å². The molecule has 4 heteroatoms. The van der Waals surface area contributed by atoms with Crippen molar-refractivity contribution in [3.8, 4) is 0 Å². The maximum Gasteiger partial charge on any atom is 0.124 e. The van der Waals surface area contributed by atoms with Gasteiger partial charge in [0.15, 0.2) is 0 Å². The van der Waals surface area contributed by atoms with Crippen LogP contribution in [-0.2, 0) is 6.54 Å². The molecule has 1 aliphatic rings. The molecule has 1 aromatic rings.